The molecular weight excluding hydrogens is 666 g/mol. The van der Waals surface area contributed by atoms with Crippen LogP contribution in [0.5, 0.6) is 0 Å². The minimum Gasteiger partial charge on any atom is -0.462 e. The van der Waals surface area contributed by atoms with Crippen LogP contribution in [0.2, 0.25) is 0 Å². The molecular formula is C46H70ClNO4. The number of carbonyl (C=O) groups excluding carboxylic acids is 2. The Balaban J connectivity index is 1.14. The van der Waals surface area contributed by atoms with Gasteiger partial charge in [0.15, 0.2) is 5.41 Å². The summed E-state index contributed by atoms with van der Waals surface area (Å²) in [6, 6.07) is 0. The molecule has 0 aromatic rings. The first kappa shape index (κ1) is 38.7. The van der Waals surface area contributed by atoms with E-state index in [9.17, 15) is 9.59 Å². The van der Waals surface area contributed by atoms with E-state index in [1.54, 1.807) is 0 Å². The fourth-order valence-corrected chi connectivity index (χ4v) is 15.3. The average molecular weight is 737 g/mol. The molecule has 0 radical (unpaired) electrons. The molecule has 1 spiro atoms. The van der Waals surface area contributed by atoms with E-state index < -0.39 is 17.4 Å². The first-order valence-electron chi connectivity index (χ1n) is 21.1. The quantitative estimate of drug-likeness (QED) is 0.111. The second-order valence-electron chi connectivity index (χ2n) is 21.1. The number of rotatable bonds is 9. The van der Waals surface area contributed by atoms with Crippen molar-refractivity contribution < 1.29 is 19.1 Å². The van der Waals surface area contributed by atoms with Crippen LogP contribution in [0, 0.1) is 62.1 Å². The summed E-state index contributed by atoms with van der Waals surface area (Å²) in [5.74, 6) is 3.17. The van der Waals surface area contributed by atoms with E-state index in [2.05, 4.69) is 65.6 Å². The number of ether oxygens (including phenoxy) is 2. The van der Waals surface area contributed by atoms with Gasteiger partial charge in [0.05, 0.1) is 12.2 Å². The second-order valence-corrected chi connectivity index (χ2v) is 21.4. The normalized spacial score (nSPS) is 42.1. The molecule has 9 atom stereocenters. The molecule has 7 rings (SSSR count). The Morgan fingerprint density at radius 1 is 0.885 bits per heavy atom. The maximum atomic E-state index is 13.3. The van der Waals surface area contributed by atoms with E-state index in [-0.39, 0.29) is 34.0 Å². The van der Waals surface area contributed by atoms with Crippen LogP contribution in [0.25, 0.3) is 0 Å². The van der Waals surface area contributed by atoms with Crippen molar-refractivity contribution in [2.45, 2.75) is 164 Å². The Hall–Kier alpha value is -1.59. The number of alkyl halides is 1. The number of nitrogens with one attached hydrogen (secondary N) is 1. The first-order chi connectivity index (χ1) is 24.2. The molecule has 7 aliphatic rings. The zero-order valence-corrected chi connectivity index (χ0v) is 35.1. The molecule has 52 heavy (non-hydrogen) atoms. The molecule has 5 nitrogen and oxygen atoms in total. The van der Waals surface area contributed by atoms with Crippen molar-refractivity contribution in [3.8, 4) is 0 Å². The van der Waals surface area contributed by atoms with Crippen molar-refractivity contribution in [2.75, 3.05) is 12.4 Å². The number of carbonyl (C=O) groups is 2. The van der Waals surface area contributed by atoms with Gasteiger partial charge in [-0.2, -0.15) is 0 Å². The molecule has 0 aliphatic heterocycles. The molecule has 0 aromatic heterocycles. The Morgan fingerprint density at radius 3 is 2.10 bits per heavy atom. The summed E-state index contributed by atoms with van der Waals surface area (Å²) in [7, 11) is 0. The fraction of sp³-hybridized carbons (Fsp3) is 0.826. The van der Waals surface area contributed by atoms with Crippen molar-refractivity contribution in [3.63, 3.8) is 0 Å². The molecule has 5 saturated carbocycles. The lowest BCUT2D eigenvalue weighted by Gasteiger charge is -2.72. The molecule has 0 saturated heterocycles. The molecule has 7 aliphatic carbocycles. The summed E-state index contributed by atoms with van der Waals surface area (Å²) in [4.78, 5) is 26.7. The van der Waals surface area contributed by atoms with Crippen LogP contribution in [-0.2, 0) is 19.1 Å². The van der Waals surface area contributed by atoms with E-state index in [4.69, 9.17) is 21.1 Å². The molecule has 6 heteroatoms. The van der Waals surface area contributed by atoms with Gasteiger partial charge in [-0.3, -0.25) is 9.59 Å². The molecule has 0 aromatic carbocycles. The lowest BCUT2D eigenvalue weighted by atomic mass is 9.32. The Bertz CT molecular complexity index is 1530. The van der Waals surface area contributed by atoms with Gasteiger partial charge >= 0.3 is 11.9 Å². The van der Waals surface area contributed by atoms with Crippen molar-refractivity contribution in [2.24, 2.45) is 62.1 Å². The number of halogens is 1. The second kappa shape index (κ2) is 12.7. The largest absolute Gasteiger partial charge is 0.462 e. The molecule has 5 fully saturated rings. The smallest absolute Gasteiger partial charge is 0.323 e. The van der Waals surface area contributed by atoms with Crippen LogP contribution in [0.4, 0.5) is 0 Å². The third kappa shape index (κ3) is 5.37. The van der Waals surface area contributed by atoms with Gasteiger partial charge < -0.3 is 14.8 Å². The van der Waals surface area contributed by atoms with Crippen LogP contribution >= 0.6 is 11.6 Å². The summed E-state index contributed by atoms with van der Waals surface area (Å²) in [6.07, 6.45) is 18.0. The summed E-state index contributed by atoms with van der Waals surface area (Å²) in [5.41, 5.74) is 4.24. The monoisotopic (exact) mass is 735 g/mol. The van der Waals surface area contributed by atoms with E-state index in [0.717, 1.165) is 25.3 Å². The van der Waals surface area contributed by atoms with Gasteiger partial charge in [-0.25, -0.2) is 0 Å². The topological polar surface area (TPSA) is 64.6 Å². The van der Waals surface area contributed by atoms with Gasteiger partial charge in [-0.1, -0.05) is 58.9 Å². The van der Waals surface area contributed by atoms with Gasteiger partial charge in [-0.05, 0) is 179 Å². The molecule has 0 heterocycles. The Kier molecular flexibility index (Phi) is 9.46. The summed E-state index contributed by atoms with van der Waals surface area (Å²) in [6.45, 7) is 28.3. The van der Waals surface area contributed by atoms with Crippen molar-refractivity contribution in [1.29, 1.82) is 0 Å². The lowest BCUT2D eigenvalue weighted by molar-refractivity contribution is -0.221. The molecule has 1 N–H and O–H groups in total. The minimum atomic E-state index is -1.18. The number of allylic oxidation sites excluding steroid dienone is 5. The third-order valence-corrected chi connectivity index (χ3v) is 17.5. The standard InChI is InChI=1S/C46H70ClNO4/c1-28(2)32-14-19-46(48-23-22-47)21-20-42(10)34(37(32)46)12-13-36-41(9)17-15-33(40(7,8)35(41)16-18-43(36,42)11)31-24-44(25-31)26-45(27-44,38(49)51-29(3)4)39(50)52-30(5)6/h15,24,29-30,32,34-37,48H,1,12-14,16-23,25-27H2,2-11H3/t32-,34+,35-,36+,37+,41-,42+,43+,46-/m0/s1. The molecule has 0 unspecified atom stereocenters. The summed E-state index contributed by atoms with van der Waals surface area (Å²) in [5, 5.41) is 4.07. The zero-order valence-electron chi connectivity index (χ0n) is 34.3. The molecule has 0 bridgehead atoms. The zero-order chi connectivity index (χ0) is 37.9. The maximum Gasteiger partial charge on any atom is 0.323 e. The third-order valence-electron chi connectivity index (χ3n) is 17.4. The highest BCUT2D eigenvalue weighted by Crippen LogP contribution is 2.77. The lowest BCUT2D eigenvalue weighted by Crippen LogP contribution is -2.68. The van der Waals surface area contributed by atoms with Crippen LogP contribution in [0.15, 0.2) is 35.5 Å². The highest BCUT2D eigenvalue weighted by atomic mass is 35.5. The van der Waals surface area contributed by atoms with E-state index >= 15 is 0 Å². The van der Waals surface area contributed by atoms with Gasteiger partial charge in [0.1, 0.15) is 0 Å². The Morgan fingerprint density at radius 2 is 1.52 bits per heavy atom. The number of fused-ring (bicyclic) bond motifs is 7. The SMILES string of the molecule is C=C(C)[C@@H]1CC[C@]2(NCCCl)CC[C@]3(C)[C@H](CC[C@@H]4[C@@]5(C)CC=C(C6=CC7(C6)CC(C(=O)OC(C)C)(C(=O)OC(C)C)C7)C(C)(C)[C@@H]5CC[C@]43C)[C@@H]12. The van der Waals surface area contributed by atoms with Crippen LogP contribution in [0.3, 0.4) is 0 Å². The average Bonchev–Trinajstić information content (AvgIpc) is 3.39. The van der Waals surface area contributed by atoms with Crippen LogP contribution < -0.4 is 5.32 Å². The number of esters is 2. The fourth-order valence-electron chi connectivity index (χ4n) is 15.2. The van der Waals surface area contributed by atoms with Gasteiger partial charge in [-0.15, -0.1) is 11.6 Å². The molecule has 290 valence electrons. The van der Waals surface area contributed by atoms with Gasteiger partial charge in [0.25, 0.3) is 0 Å². The van der Waals surface area contributed by atoms with Gasteiger partial charge in [0.2, 0.25) is 0 Å². The van der Waals surface area contributed by atoms with Crippen LogP contribution in [0.1, 0.15) is 146 Å². The summed E-state index contributed by atoms with van der Waals surface area (Å²) < 4.78 is 11.3. The van der Waals surface area contributed by atoms with Crippen LogP contribution in [-0.4, -0.2) is 42.1 Å². The van der Waals surface area contributed by atoms with E-state index in [1.807, 2.05) is 27.7 Å². The maximum absolute atomic E-state index is 13.3. The Labute approximate surface area is 320 Å². The molecule has 0 amide bonds. The summed E-state index contributed by atoms with van der Waals surface area (Å²) >= 11 is 6.30. The highest BCUT2D eigenvalue weighted by Gasteiger charge is 2.71. The predicted molar refractivity (Wildman–Crippen MR) is 211 cm³/mol. The first-order valence-corrected chi connectivity index (χ1v) is 21.6. The highest BCUT2D eigenvalue weighted by molar-refractivity contribution is 6.18. The number of hydrogen-bond acceptors (Lipinski definition) is 5. The minimum absolute atomic E-state index is 0.0667. The van der Waals surface area contributed by atoms with Crippen molar-refractivity contribution >= 4 is 23.5 Å². The predicted octanol–water partition coefficient (Wildman–Crippen LogP) is 10.8. The van der Waals surface area contributed by atoms with Crippen molar-refractivity contribution in [3.05, 3.63) is 35.5 Å². The van der Waals surface area contributed by atoms with Gasteiger partial charge in [0, 0.05) is 18.0 Å². The number of hydrogen-bond donors (Lipinski definition) is 1. The van der Waals surface area contributed by atoms with Crippen molar-refractivity contribution in [1.82, 2.24) is 5.32 Å². The van der Waals surface area contributed by atoms with E-state index in [0.29, 0.717) is 53.2 Å². The van der Waals surface area contributed by atoms with E-state index in [1.165, 1.54) is 68.1 Å².